The lowest BCUT2D eigenvalue weighted by molar-refractivity contribution is -0.117. The van der Waals surface area contributed by atoms with Gasteiger partial charge in [-0.3, -0.25) is 9.59 Å². The molecule has 0 bridgehead atoms. The van der Waals surface area contributed by atoms with Crippen molar-refractivity contribution >= 4 is 27.4 Å². The molecule has 1 unspecified atom stereocenters. The number of amides is 1. The molecule has 0 radical (unpaired) electrons. The summed E-state index contributed by atoms with van der Waals surface area (Å²) in [6.45, 7) is 1.11. The molecule has 20 heavy (non-hydrogen) atoms. The van der Waals surface area contributed by atoms with Crippen LogP contribution in [0.25, 0.3) is 0 Å². The molecule has 0 spiro atoms. The Morgan fingerprint density at radius 2 is 2.10 bits per heavy atom. The highest BCUT2D eigenvalue weighted by molar-refractivity contribution is 7.89. The third kappa shape index (κ3) is 2.70. The first-order valence-corrected chi connectivity index (χ1v) is 7.43. The van der Waals surface area contributed by atoms with Crippen LogP contribution in [0.2, 0.25) is 0 Å². The van der Waals surface area contributed by atoms with Crippen LogP contribution >= 0.6 is 0 Å². The molecule has 1 amide bonds. The van der Waals surface area contributed by atoms with E-state index in [0.29, 0.717) is 0 Å². The quantitative estimate of drug-likeness (QED) is 0.818. The number of benzene rings is 1. The fourth-order valence-electron chi connectivity index (χ4n) is 2.07. The van der Waals surface area contributed by atoms with E-state index in [1.165, 1.54) is 19.1 Å². The second-order valence-electron chi connectivity index (χ2n) is 4.64. The Morgan fingerprint density at radius 1 is 1.45 bits per heavy atom. The van der Waals surface area contributed by atoms with Crippen molar-refractivity contribution in [1.29, 1.82) is 0 Å². The molecule has 108 valence electrons. The largest absolute Gasteiger partial charge is 0.308 e. The van der Waals surface area contributed by atoms with Crippen LogP contribution in [-0.2, 0) is 14.8 Å². The summed E-state index contributed by atoms with van der Waals surface area (Å²) in [6.07, 6.45) is -0.271. The molecule has 1 fully saturated rings. The Balaban J connectivity index is 2.33. The number of hydrogen-bond donors (Lipinski definition) is 1. The predicted octanol–water partition coefficient (Wildman–Crippen LogP) is 0.422. The van der Waals surface area contributed by atoms with Gasteiger partial charge in [-0.05, 0) is 25.1 Å². The van der Waals surface area contributed by atoms with E-state index < -0.39 is 27.0 Å². The van der Waals surface area contributed by atoms with Crippen molar-refractivity contribution in [1.82, 2.24) is 0 Å². The molecule has 6 nitrogen and oxygen atoms in total. The minimum Gasteiger partial charge on any atom is -0.308 e. The van der Waals surface area contributed by atoms with Crippen LogP contribution in [0.5, 0.6) is 0 Å². The van der Waals surface area contributed by atoms with Crippen LogP contribution in [0.15, 0.2) is 18.2 Å². The van der Waals surface area contributed by atoms with Gasteiger partial charge in [-0.2, -0.15) is 0 Å². The molecule has 0 aromatic heterocycles. The number of carbonyl (C=O) groups excluding carboxylic acids is 2. The molecule has 2 rings (SSSR count). The monoisotopic (exact) mass is 300 g/mol. The third-order valence-corrected chi connectivity index (χ3v) is 4.44. The molecule has 2 N–H and O–H groups in total. The number of carbonyl (C=O) groups is 2. The molecule has 1 heterocycles. The van der Waals surface area contributed by atoms with Crippen LogP contribution in [0.1, 0.15) is 23.7 Å². The number of halogens is 1. The van der Waals surface area contributed by atoms with Crippen molar-refractivity contribution in [3.05, 3.63) is 29.6 Å². The van der Waals surface area contributed by atoms with E-state index in [1.807, 2.05) is 0 Å². The SMILES string of the molecule is CC(=O)c1ccc(N2CC(S(N)(=O)=O)CC2=O)c(F)c1. The number of nitrogens with two attached hydrogens (primary N) is 1. The molecule has 1 aromatic rings. The Hall–Kier alpha value is -1.80. The molecule has 0 saturated carbocycles. The molecule has 1 aliphatic rings. The van der Waals surface area contributed by atoms with Gasteiger partial charge >= 0.3 is 0 Å². The van der Waals surface area contributed by atoms with Crippen LogP contribution < -0.4 is 10.0 Å². The van der Waals surface area contributed by atoms with Crippen molar-refractivity contribution < 1.29 is 22.4 Å². The molecule has 8 heteroatoms. The van der Waals surface area contributed by atoms with E-state index in [2.05, 4.69) is 0 Å². The van der Waals surface area contributed by atoms with Gasteiger partial charge in [0.15, 0.2) is 5.78 Å². The maximum Gasteiger partial charge on any atom is 0.228 e. The topological polar surface area (TPSA) is 97.5 Å². The highest BCUT2D eigenvalue weighted by atomic mass is 32.2. The van der Waals surface area contributed by atoms with Gasteiger partial charge in [0.25, 0.3) is 0 Å². The summed E-state index contributed by atoms with van der Waals surface area (Å²) in [5.41, 5.74) is 0.132. The number of primary sulfonamides is 1. The maximum atomic E-state index is 13.9. The zero-order valence-corrected chi connectivity index (χ0v) is 11.5. The summed E-state index contributed by atoms with van der Waals surface area (Å²) in [6, 6.07) is 3.70. The van der Waals surface area contributed by atoms with Gasteiger partial charge in [-0.1, -0.05) is 0 Å². The summed E-state index contributed by atoms with van der Waals surface area (Å²) in [5, 5.41) is 3.96. The first-order valence-electron chi connectivity index (χ1n) is 5.82. The van der Waals surface area contributed by atoms with Crippen molar-refractivity contribution in [3.63, 3.8) is 0 Å². The number of rotatable bonds is 3. The van der Waals surface area contributed by atoms with Gasteiger partial charge in [-0.15, -0.1) is 0 Å². The van der Waals surface area contributed by atoms with Gasteiger partial charge in [0, 0.05) is 18.5 Å². The minimum atomic E-state index is -3.85. The number of ketones is 1. The van der Waals surface area contributed by atoms with Crippen LogP contribution in [0.4, 0.5) is 10.1 Å². The summed E-state index contributed by atoms with van der Waals surface area (Å²) >= 11 is 0. The second kappa shape index (κ2) is 4.95. The maximum absolute atomic E-state index is 13.9. The fourth-order valence-corrected chi connectivity index (χ4v) is 2.80. The predicted molar refractivity (Wildman–Crippen MR) is 70.3 cm³/mol. The molecule has 1 atom stereocenters. The zero-order chi connectivity index (χ0) is 15.1. The number of nitrogens with zero attached hydrogens (tertiary/aromatic N) is 1. The van der Waals surface area contributed by atoms with Crippen LogP contribution in [-0.4, -0.2) is 31.9 Å². The molecular weight excluding hydrogens is 287 g/mol. The molecule has 1 aromatic carbocycles. The first-order chi connectivity index (χ1) is 9.20. The van der Waals surface area contributed by atoms with Crippen LogP contribution in [0.3, 0.4) is 0 Å². The lowest BCUT2D eigenvalue weighted by atomic mass is 10.1. The lowest BCUT2D eigenvalue weighted by Gasteiger charge is -2.17. The minimum absolute atomic E-state index is 0.0499. The molecule has 1 aliphatic heterocycles. The van der Waals surface area contributed by atoms with Crippen molar-refractivity contribution in [2.24, 2.45) is 5.14 Å². The smallest absolute Gasteiger partial charge is 0.228 e. The number of hydrogen-bond acceptors (Lipinski definition) is 4. The zero-order valence-electron chi connectivity index (χ0n) is 10.7. The van der Waals surface area contributed by atoms with Crippen molar-refractivity contribution in [3.8, 4) is 0 Å². The average Bonchev–Trinajstić information content (AvgIpc) is 2.71. The van der Waals surface area contributed by atoms with Gasteiger partial charge in [0.2, 0.25) is 15.9 Å². The van der Waals surface area contributed by atoms with E-state index >= 15 is 0 Å². The van der Waals surface area contributed by atoms with Gasteiger partial charge in [0.1, 0.15) is 11.1 Å². The van der Waals surface area contributed by atoms with Gasteiger partial charge in [-0.25, -0.2) is 17.9 Å². The highest BCUT2D eigenvalue weighted by Crippen LogP contribution is 2.27. The number of sulfonamides is 1. The molecule has 1 saturated heterocycles. The van der Waals surface area contributed by atoms with Gasteiger partial charge < -0.3 is 4.90 Å². The van der Waals surface area contributed by atoms with E-state index in [9.17, 15) is 22.4 Å². The third-order valence-electron chi connectivity index (χ3n) is 3.20. The number of Topliss-reactive ketones (excluding diaryl/α,β-unsaturated/α-hetero) is 1. The Kier molecular flexibility index (Phi) is 3.61. The van der Waals surface area contributed by atoms with Crippen LogP contribution in [0, 0.1) is 5.82 Å². The van der Waals surface area contributed by atoms with E-state index in [4.69, 9.17) is 5.14 Å². The van der Waals surface area contributed by atoms with Crippen molar-refractivity contribution in [2.45, 2.75) is 18.6 Å². The Bertz CT molecular complexity index is 687. The summed E-state index contributed by atoms with van der Waals surface area (Å²) in [4.78, 5) is 23.9. The highest BCUT2D eigenvalue weighted by Gasteiger charge is 2.38. The molecule has 0 aliphatic carbocycles. The average molecular weight is 300 g/mol. The Labute approximate surface area is 115 Å². The summed E-state index contributed by atoms with van der Waals surface area (Å²) in [5.74, 6) is -1.56. The van der Waals surface area contributed by atoms with E-state index in [-0.39, 0.29) is 30.0 Å². The van der Waals surface area contributed by atoms with Gasteiger partial charge in [0.05, 0.1) is 5.69 Å². The standard InChI is InChI=1S/C12H13FN2O4S/c1-7(16)8-2-3-11(10(13)4-8)15-6-9(5-12(15)17)20(14,18)19/h2-4,9H,5-6H2,1H3,(H2,14,18,19). The van der Waals surface area contributed by atoms with E-state index in [1.54, 1.807) is 0 Å². The normalized spacial score (nSPS) is 19.4. The molecular formula is C12H13FN2O4S. The summed E-state index contributed by atoms with van der Waals surface area (Å²) in [7, 11) is -3.85. The Morgan fingerprint density at radius 3 is 2.55 bits per heavy atom. The number of anilines is 1. The lowest BCUT2D eigenvalue weighted by Crippen LogP contribution is -2.32. The first kappa shape index (κ1) is 14.6. The van der Waals surface area contributed by atoms with E-state index in [0.717, 1.165) is 11.0 Å². The van der Waals surface area contributed by atoms with Crippen molar-refractivity contribution in [2.75, 3.05) is 11.4 Å². The summed E-state index contributed by atoms with van der Waals surface area (Å²) < 4.78 is 36.4. The fraction of sp³-hybridized carbons (Fsp3) is 0.333. The second-order valence-corrected chi connectivity index (χ2v) is 6.49.